The number of hydrogen-bond donors (Lipinski definition) is 1. The molecule has 1 aromatic rings. The van der Waals surface area contributed by atoms with Gasteiger partial charge in [0, 0.05) is 29.8 Å². The van der Waals surface area contributed by atoms with E-state index < -0.39 is 0 Å². The van der Waals surface area contributed by atoms with E-state index in [1.807, 2.05) is 0 Å². The molecule has 2 fully saturated rings. The van der Waals surface area contributed by atoms with Crippen LogP contribution in [0, 0.1) is 11.8 Å². The number of aryl methyl sites for hydroxylation is 1. The van der Waals surface area contributed by atoms with Crippen molar-refractivity contribution in [1.82, 2.24) is 0 Å². The van der Waals surface area contributed by atoms with Crippen LogP contribution in [0.1, 0.15) is 69.1 Å². The van der Waals surface area contributed by atoms with E-state index in [9.17, 15) is 0 Å². The fraction of sp³-hybridized carbons (Fsp3) is 0.700. The van der Waals surface area contributed by atoms with Crippen molar-refractivity contribution < 1.29 is 4.74 Å². The Morgan fingerprint density at radius 1 is 1.09 bits per heavy atom. The highest BCUT2D eigenvalue weighted by Gasteiger charge is 2.42. The monoisotopic (exact) mass is 299 g/mol. The van der Waals surface area contributed by atoms with Crippen LogP contribution in [0.5, 0.6) is 0 Å². The first-order valence-corrected chi connectivity index (χ1v) is 9.38. The molecule has 2 heterocycles. The molecule has 1 aromatic carbocycles. The molecule has 2 nitrogen and oxygen atoms in total. The van der Waals surface area contributed by atoms with E-state index in [0.717, 1.165) is 18.9 Å². The molecular formula is C20H29NO. The van der Waals surface area contributed by atoms with Crippen molar-refractivity contribution in [2.75, 3.05) is 11.9 Å². The second-order valence-corrected chi connectivity index (χ2v) is 7.44. The Morgan fingerprint density at radius 2 is 1.95 bits per heavy atom. The van der Waals surface area contributed by atoms with Gasteiger partial charge in [0.05, 0.1) is 6.10 Å². The maximum Gasteiger partial charge on any atom is 0.0892 e. The van der Waals surface area contributed by atoms with E-state index >= 15 is 0 Å². The summed E-state index contributed by atoms with van der Waals surface area (Å²) in [6.45, 7) is 3.18. The molecule has 0 amide bonds. The summed E-state index contributed by atoms with van der Waals surface area (Å²) in [6.07, 6.45) is 11.1. The number of ether oxygens (including phenoxy) is 1. The van der Waals surface area contributed by atoms with Crippen LogP contribution in [-0.2, 0) is 11.2 Å². The lowest BCUT2D eigenvalue weighted by Crippen LogP contribution is -2.46. The average molecular weight is 299 g/mol. The molecule has 2 unspecified atom stereocenters. The lowest BCUT2D eigenvalue weighted by Gasteiger charge is -2.47. The number of hydrogen-bond acceptors (Lipinski definition) is 2. The summed E-state index contributed by atoms with van der Waals surface area (Å²) in [5, 5.41) is 3.96. The summed E-state index contributed by atoms with van der Waals surface area (Å²) in [6, 6.07) is 7.61. The molecule has 22 heavy (non-hydrogen) atoms. The SMILES string of the molecule is CCc1ccc2c(c1)N[C@@H](C1CCCCC1)C1CCCOC21. The topological polar surface area (TPSA) is 21.3 Å². The normalized spacial score (nSPS) is 32.0. The Bertz CT molecular complexity index is 520. The van der Waals surface area contributed by atoms with Crippen molar-refractivity contribution in [3.8, 4) is 0 Å². The molecule has 2 aliphatic heterocycles. The quantitative estimate of drug-likeness (QED) is 0.821. The second-order valence-electron chi connectivity index (χ2n) is 7.44. The van der Waals surface area contributed by atoms with Crippen molar-refractivity contribution in [1.29, 1.82) is 0 Å². The van der Waals surface area contributed by atoms with Crippen molar-refractivity contribution >= 4 is 5.69 Å². The highest BCUT2D eigenvalue weighted by atomic mass is 16.5. The number of benzene rings is 1. The van der Waals surface area contributed by atoms with Crippen LogP contribution in [-0.4, -0.2) is 12.6 Å². The lowest BCUT2D eigenvalue weighted by atomic mass is 9.71. The first-order chi connectivity index (χ1) is 10.9. The van der Waals surface area contributed by atoms with Gasteiger partial charge in [0.25, 0.3) is 0 Å². The first kappa shape index (κ1) is 14.6. The first-order valence-electron chi connectivity index (χ1n) is 9.38. The molecule has 1 saturated heterocycles. The zero-order valence-corrected chi connectivity index (χ0v) is 13.8. The van der Waals surface area contributed by atoms with E-state index in [4.69, 9.17) is 4.74 Å². The molecule has 2 heteroatoms. The van der Waals surface area contributed by atoms with Crippen LogP contribution in [0.25, 0.3) is 0 Å². The zero-order valence-electron chi connectivity index (χ0n) is 13.8. The molecule has 3 aliphatic rings. The van der Waals surface area contributed by atoms with Gasteiger partial charge in [0.1, 0.15) is 0 Å². The molecule has 4 rings (SSSR count). The van der Waals surface area contributed by atoms with Crippen LogP contribution in [0.2, 0.25) is 0 Å². The minimum atomic E-state index is 0.336. The van der Waals surface area contributed by atoms with Crippen molar-refractivity contribution in [3.63, 3.8) is 0 Å². The summed E-state index contributed by atoms with van der Waals surface area (Å²) in [5.41, 5.74) is 4.20. The lowest BCUT2D eigenvalue weighted by molar-refractivity contribution is -0.0458. The molecule has 0 aromatic heterocycles. The standard InChI is InChI=1S/C20H29NO/c1-2-14-10-11-16-18(13-14)21-19(15-7-4-3-5-8-15)17-9-6-12-22-20(16)17/h10-11,13,15,17,19-21H,2-9,12H2,1H3/t17?,19-,20?/m0/s1. The van der Waals surface area contributed by atoms with Gasteiger partial charge in [-0.15, -0.1) is 0 Å². The third-order valence-corrected chi connectivity index (χ3v) is 6.14. The van der Waals surface area contributed by atoms with Crippen LogP contribution in [0.4, 0.5) is 5.69 Å². The van der Waals surface area contributed by atoms with Crippen LogP contribution < -0.4 is 5.32 Å². The third-order valence-electron chi connectivity index (χ3n) is 6.14. The molecule has 120 valence electrons. The molecule has 1 aliphatic carbocycles. The second kappa shape index (κ2) is 6.23. The van der Waals surface area contributed by atoms with Gasteiger partial charge in [-0.3, -0.25) is 0 Å². The third kappa shape index (κ3) is 2.56. The van der Waals surface area contributed by atoms with Gasteiger partial charge in [0.2, 0.25) is 0 Å². The summed E-state index contributed by atoms with van der Waals surface area (Å²) in [7, 11) is 0. The maximum absolute atomic E-state index is 6.26. The van der Waals surface area contributed by atoms with Gasteiger partial charge in [-0.1, -0.05) is 38.3 Å². The van der Waals surface area contributed by atoms with Gasteiger partial charge in [-0.2, -0.15) is 0 Å². The number of rotatable bonds is 2. The largest absolute Gasteiger partial charge is 0.381 e. The van der Waals surface area contributed by atoms with Crippen LogP contribution in [0.15, 0.2) is 18.2 Å². The Hall–Kier alpha value is -1.02. The molecule has 0 spiro atoms. The summed E-state index contributed by atoms with van der Waals surface area (Å²) < 4.78 is 6.26. The summed E-state index contributed by atoms with van der Waals surface area (Å²) >= 11 is 0. The smallest absolute Gasteiger partial charge is 0.0892 e. The Balaban J connectivity index is 1.67. The fourth-order valence-corrected chi connectivity index (χ4v) is 4.94. The van der Waals surface area contributed by atoms with Crippen molar-refractivity contribution in [2.24, 2.45) is 11.8 Å². The van der Waals surface area contributed by atoms with Gasteiger partial charge >= 0.3 is 0 Å². The molecule has 0 radical (unpaired) electrons. The Kier molecular flexibility index (Phi) is 4.13. The van der Waals surface area contributed by atoms with Gasteiger partial charge in [0.15, 0.2) is 0 Å². The van der Waals surface area contributed by atoms with Crippen LogP contribution >= 0.6 is 0 Å². The zero-order chi connectivity index (χ0) is 14.9. The number of anilines is 1. The van der Waals surface area contributed by atoms with E-state index in [1.54, 1.807) is 0 Å². The molecular weight excluding hydrogens is 270 g/mol. The Morgan fingerprint density at radius 3 is 2.77 bits per heavy atom. The van der Waals surface area contributed by atoms with Crippen LogP contribution in [0.3, 0.4) is 0 Å². The van der Waals surface area contributed by atoms with E-state index in [1.165, 1.54) is 61.8 Å². The van der Waals surface area contributed by atoms with Crippen molar-refractivity contribution in [3.05, 3.63) is 29.3 Å². The molecule has 1 N–H and O–H groups in total. The highest BCUT2D eigenvalue weighted by molar-refractivity contribution is 5.58. The Labute approximate surface area is 134 Å². The van der Waals surface area contributed by atoms with E-state index in [0.29, 0.717) is 18.1 Å². The average Bonchev–Trinajstić information content (AvgIpc) is 2.61. The van der Waals surface area contributed by atoms with E-state index in [-0.39, 0.29) is 0 Å². The number of fused-ring (bicyclic) bond motifs is 3. The van der Waals surface area contributed by atoms with Crippen molar-refractivity contribution in [2.45, 2.75) is 70.4 Å². The minimum Gasteiger partial charge on any atom is -0.381 e. The van der Waals surface area contributed by atoms with Gasteiger partial charge < -0.3 is 10.1 Å². The predicted octanol–water partition coefficient (Wildman–Crippen LogP) is 5.09. The number of nitrogens with one attached hydrogen (secondary N) is 1. The van der Waals surface area contributed by atoms with E-state index in [2.05, 4.69) is 30.4 Å². The maximum atomic E-state index is 6.26. The summed E-state index contributed by atoms with van der Waals surface area (Å²) in [5.74, 6) is 1.53. The van der Waals surface area contributed by atoms with Gasteiger partial charge in [-0.05, 0) is 49.7 Å². The fourth-order valence-electron chi connectivity index (χ4n) is 4.94. The molecule has 3 atom stereocenters. The predicted molar refractivity (Wildman–Crippen MR) is 91.2 cm³/mol. The highest BCUT2D eigenvalue weighted by Crippen LogP contribution is 2.47. The molecule has 0 bridgehead atoms. The van der Waals surface area contributed by atoms with Gasteiger partial charge in [-0.25, -0.2) is 0 Å². The minimum absolute atomic E-state index is 0.336. The molecule has 1 saturated carbocycles. The summed E-state index contributed by atoms with van der Waals surface area (Å²) in [4.78, 5) is 0.